The Morgan fingerprint density at radius 3 is 1.41 bits per heavy atom. The van der Waals surface area contributed by atoms with Crippen molar-refractivity contribution in [3.63, 3.8) is 0 Å². The van der Waals surface area contributed by atoms with E-state index in [1.165, 1.54) is 26.7 Å². The highest BCUT2D eigenvalue weighted by atomic mass is 79.9. The molecule has 0 aliphatic carbocycles. The SMILES string of the molecule is CC(C)c1c(Br)c(C(C)C)c(C(C)C)c(N=C=Nc2ccc(Br)cc2)c1C(C)C. The van der Waals surface area contributed by atoms with Crippen molar-refractivity contribution in [1.82, 2.24) is 0 Å². The summed E-state index contributed by atoms with van der Waals surface area (Å²) in [6.07, 6.45) is 0. The van der Waals surface area contributed by atoms with Crippen LogP contribution in [0.1, 0.15) is 101 Å². The Kier molecular flexibility index (Phi) is 8.46. The average molecular weight is 520 g/mol. The van der Waals surface area contributed by atoms with Gasteiger partial charge in [0.25, 0.3) is 0 Å². The van der Waals surface area contributed by atoms with Gasteiger partial charge in [-0.2, -0.15) is 9.98 Å². The fourth-order valence-electron chi connectivity index (χ4n) is 3.85. The Bertz CT molecular complexity index is 876. The molecule has 0 aromatic heterocycles. The highest BCUT2D eigenvalue weighted by molar-refractivity contribution is 9.10. The van der Waals surface area contributed by atoms with Crippen LogP contribution < -0.4 is 0 Å². The number of hydrogen-bond donors (Lipinski definition) is 0. The van der Waals surface area contributed by atoms with Crippen LogP contribution in [0.25, 0.3) is 0 Å². The third-order valence-corrected chi connectivity index (χ3v) is 6.42. The van der Waals surface area contributed by atoms with E-state index in [0.717, 1.165) is 15.8 Å². The summed E-state index contributed by atoms with van der Waals surface area (Å²) < 4.78 is 2.28. The molecule has 0 unspecified atom stereocenters. The standard InChI is InChI=1S/C25H32Br2N2/c1-14(2)20-22(16(5)6)25(23(17(7)8)21(15(3)4)24(20)27)29-13-28-19-11-9-18(26)10-12-19/h9-12,14-17H,1-8H3. The number of halogens is 2. The molecule has 0 aliphatic heterocycles. The zero-order valence-electron chi connectivity index (χ0n) is 18.8. The van der Waals surface area contributed by atoms with Gasteiger partial charge in [-0.15, -0.1) is 0 Å². The third kappa shape index (κ3) is 5.48. The van der Waals surface area contributed by atoms with E-state index in [4.69, 9.17) is 4.99 Å². The molecule has 0 aliphatic rings. The molecular formula is C25H32Br2N2. The fourth-order valence-corrected chi connectivity index (χ4v) is 5.46. The van der Waals surface area contributed by atoms with Crippen molar-refractivity contribution in [2.45, 2.75) is 79.1 Å². The molecule has 29 heavy (non-hydrogen) atoms. The highest BCUT2D eigenvalue weighted by Gasteiger charge is 2.27. The normalized spacial score (nSPS) is 11.5. The minimum atomic E-state index is 0.357. The molecule has 0 spiro atoms. The fraction of sp³-hybridized carbons (Fsp3) is 0.480. The molecule has 0 heterocycles. The Balaban J connectivity index is 2.85. The zero-order chi connectivity index (χ0) is 21.9. The molecule has 0 atom stereocenters. The lowest BCUT2D eigenvalue weighted by Gasteiger charge is -2.29. The first kappa shape index (κ1) is 24.1. The van der Waals surface area contributed by atoms with Crippen molar-refractivity contribution in [3.05, 3.63) is 55.5 Å². The van der Waals surface area contributed by atoms with E-state index in [2.05, 4.69) is 98.3 Å². The second kappa shape index (κ2) is 10.2. The molecule has 2 rings (SSSR count). The number of nitrogens with zero attached hydrogens (tertiary/aromatic N) is 2. The smallest absolute Gasteiger partial charge is 0.100 e. The predicted molar refractivity (Wildman–Crippen MR) is 134 cm³/mol. The largest absolute Gasteiger partial charge is 0.188 e. The summed E-state index contributed by atoms with van der Waals surface area (Å²) in [4.78, 5) is 9.31. The van der Waals surface area contributed by atoms with Crippen molar-refractivity contribution >= 4 is 49.2 Å². The van der Waals surface area contributed by atoms with Gasteiger partial charge in [-0.05, 0) is 70.2 Å². The quantitative estimate of drug-likeness (QED) is 0.339. The summed E-state index contributed by atoms with van der Waals surface area (Å²) in [5, 5.41) is 0. The first-order valence-corrected chi connectivity index (χ1v) is 12.0. The van der Waals surface area contributed by atoms with Crippen molar-refractivity contribution in [2.75, 3.05) is 0 Å². The minimum Gasteiger partial charge on any atom is -0.188 e. The molecule has 156 valence electrons. The highest BCUT2D eigenvalue weighted by Crippen LogP contribution is 2.48. The maximum Gasteiger partial charge on any atom is 0.100 e. The summed E-state index contributed by atoms with van der Waals surface area (Å²) in [5.41, 5.74) is 7.22. The summed E-state index contributed by atoms with van der Waals surface area (Å²) in [6.45, 7) is 18.0. The van der Waals surface area contributed by atoms with Gasteiger partial charge in [0, 0.05) is 8.95 Å². The lowest BCUT2D eigenvalue weighted by Crippen LogP contribution is -2.10. The van der Waals surface area contributed by atoms with E-state index < -0.39 is 0 Å². The Hall–Kier alpha value is -1.22. The molecular weight excluding hydrogens is 488 g/mol. The van der Waals surface area contributed by atoms with Gasteiger partial charge in [-0.25, -0.2) is 0 Å². The molecule has 2 aromatic rings. The maximum atomic E-state index is 4.84. The monoisotopic (exact) mass is 518 g/mol. The number of rotatable bonds is 6. The third-order valence-electron chi connectivity index (χ3n) is 5.04. The molecule has 0 amide bonds. The van der Waals surface area contributed by atoms with Crippen molar-refractivity contribution in [3.8, 4) is 0 Å². The molecule has 2 nitrogen and oxygen atoms in total. The predicted octanol–water partition coefficient (Wildman–Crippen LogP) is 9.84. The first-order chi connectivity index (χ1) is 13.6. The molecule has 0 saturated carbocycles. The molecule has 0 bridgehead atoms. The van der Waals surface area contributed by atoms with Gasteiger partial charge in [0.1, 0.15) is 6.01 Å². The van der Waals surface area contributed by atoms with E-state index >= 15 is 0 Å². The van der Waals surface area contributed by atoms with Crippen LogP contribution in [0, 0.1) is 0 Å². The second-order valence-corrected chi connectivity index (χ2v) is 10.4. The van der Waals surface area contributed by atoms with Crippen LogP contribution in [-0.2, 0) is 0 Å². The van der Waals surface area contributed by atoms with Gasteiger partial charge in [0.2, 0.25) is 0 Å². The van der Waals surface area contributed by atoms with Crippen LogP contribution >= 0.6 is 31.9 Å². The van der Waals surface area contributed by atoms with Gasteiger partial charge in [0.05, 0.1) is 11.4 Å². The van der Waals surface area contributed by atoms with E-state index in [1.807, 2.05) is 24.3 Å². The van der Waals surface area contributed by atoms with Crippen LogP contribution in [0.15, 0.2) is 43.2 Å². The van der Waals surface area contributed by atoms with E-state index in [1.54, 1.807) is 0 Å². The molecule has 0 saturated heterocycles. The van der Waals surface area contributed by atoms with Gasteiger partial charge in [-0.3, -0.25) is 0 Å². The summed E-state index contributed by atoms with van der Waals surface area (Å²) in [7, 11) is 0. The number of benzene rings is 2. The van der Waals surface area contributed by atoms with E-state index in [9.17, 15) is 0 Å². The van der Waals surface area contributed by atoms with Crippen molar-refractivity contribution in [1.29, 1.82) is 0 Å². The molecule has 0 radical (unpaired) electrons. The lowest BCUT2D eigenvalue weighted by molar-refractivity contribution is 0.742. The second-order valence-electron chi connectivity index (χ2n) is 8.74. The van der Waals surface area contributed by atoms with Gasteiger partial charge in [0.15, 0.2) is 0 Å². The molecule has 0 N–H and O–H groups in total. The van der Waals surface area contributed by atoms with Crippen LogP contribution in [0.3, 0.4) is 0 Å². The van der Waals surface area contributed by atoms with Crippen LogP contribution in [0.5, 0.6) is 0 Å². The van der Waals surface area contributed by atoms with Crippen LogP contribution in [0.2, 0.25) is 0 Å². The average Bonchev–Trinajstić information content (AvgIpc) is 2.62. The molecule has 0 fully saturated rings. The summed E-state index contributed by atoms with van der Waals surface area (Å²) >= 11 is 7.44. The van der Waals surface area contributed by atoms with Crippen molar-refractivity contribution < 1.29 is 0 Å². The van der Waals surface area contributed by atoms with Gasteiger partial charge in [-0.1, -0.05) is 87.2 Å². The van der Waals surface area contributed by atoms with Crippen molar-refractivity contribution in [2.24, 2.45) is 9.98 Å². The van der Waals surface area contributed by atoms with E-state index in [0.29, 0.717) is 23.7 Å². The number of hydrogen-bond acceptors (Lipinski definition) is 2. The number of aliphatic imine (C=N–C) groups is 2. The topological polar surface area (TPSA) is 24.7 Å². The summed E-state index contributed by atoms with van der Waals surface area (Å²) in [6, 6.07) is 10.9. The first-order valence-electron chi connectivity index (χ1n) is 10.4. The maximum absolute atomic E-state index is 4.84. The zero-order valence-corrected chi connectivity index (χ0v) is 21.9. The van der Waals surface area contributed by atoms with Crippen LogP contribution in [-0.4, -0.2) is 6.01 Å². The van der Waals surface area contributed by atoms with E-state index in [-0.39, 0.29) is 0 Å². The Morgan fingerprint density at radius 1 is 0.621 bits per heavy atom. The lowest BCUT2D eigenvalue weighted by atomic mass is 9.79. The van der Waals surface area contributed by atoms with Gasteiger partial charge < -0.3 is 0 Å². The molecule has 2 aromatic carbocycles. The minimum absolute atomic E-state index is 0.357. The van der Waals surface area contributed by atoms with Gasteiger partial charge >= 0.3 is 0 Å². The van der Waals surface area contributed by atoms with Crippen LogP contribution in [0.4, 0.5) is 11.4 Å². The summed E-state index contributed by atoms with van der Waals surface area (Å²) in [5.74, 6) is 1.52. The Morgan fingerprint density at radius 2 is 1.03 bits per heavy atom. The Labute approximate surface area is 193 Å². The molecule has 4 heteroatoms.